The van der Waals surface area contributed by atoms with Gasteiger partial charge in [0, 0.05) is 6.42 Å². The van der Waals surface area contributed by atoms with Crippen LogP contribution in [0, 0.1) is 0 Å². The summed E-state index contributed by atoms with van der Waals surface area (Å²) >= 11 is 0. The highest BCUT2D eigenvalue weighted by Crippen LogP contribution is 2.02. The van der Waals surface area contributed by atoms with Gasteiger partial charge in [-0.1, -0.05) is 0 Å². The molecule has 1 unspecified atom stereocenters. The van der Waals surface area contributed by atoms with Crippen LogP contribution in [0.25, 0.3) is 0 Å². The van der Waals surface area contributed by atoms with Crippen LogP contribution in [0.15, 0.2) is 4.99 Å². The van der Waals surface area contributed by atoms with Crippen LogP contribution in [0.2, 0.25) is 0 Å². The lowest BCUT2D eigenvalue weighted by atomic mass is 10.2. The number of carbonyl (C=O) groups excluding carboxylic acids is 2. The van der Waals surface area contributed by atoms with E-state index in [0.717, 1.165) is 6.29 Å². The molecular weight excluding hydrogens is 132 g/mol. The summed E-state index contributed by atoms with van der Waals surface area (Å²) in [4.78, 5) is 24.4. The van der Waals surface area contributed by atoms with Crippen molar-refractivity contribution in [1.29, 1.82) is 0 Å². The Morgan fingerprint density at radius 2 is 2.60 bits per heavy atom. The molecule has 4 nitrogen and oxygen atoms in total. The van der Waals surface area contributed by atoms with Crippen LogP contribution in [0.4, 0.5) is 0 Å². The van der Waals surface area contributed by atoms with Gasteiger partial charge in [-0.3, -0.25) is 9.79 Å². The highest BCUT2D eigenvalue weighted by Gasteiger charge is 2.19. The molecule has 1 heterocycles. The lowest BCUT2D eigenvalue weighted by Gasteiger charge is -1.98. The van der Waals surface area contributed by atoms with Gasteiger partial charge in [0.25, 0.3) is 0 Å². The lowest BCUT2D eigenvalue weighted by molar-refractivity contribution is -0.120. The van der Waals surface area contributed by atoms with Crippen molar-refractivity contribution in [3.8, 4) is 0 Å². The largest absolute Gasteiger partial charge is 0.315 e. The number of nitrogens with one attached hydrogen (secondary N) is 1. The van der Waals surface area contributed by atoms with Gasteiger partial charge in [0.15, 0.2) is 0 Å². The first-order valence-electron chi connectivity index (χ1n) is 3.10. The summed E-state index contributed by atoms with van der Waals surface area (Å²) in [6.45, 7) is 0. The van der Waals surface area contributed by atoms with E-state index in [4.69, 9.17) is 0 Å². The Morgan fingerprint density at radius 1 is 1.80 bits per heavy atom. The Labute approximate surface area is 58.3 Å². The predicted octanol–water partition coefficient (Wildman–Crippen LogP) is -0.508. The molecule has 0 radical (unpaired) electrons. The standard InChI is InChI=1S/C6H8N2O2/c9-3-1-2-5-6(10)8-4-7-5/h3-5H,1-2H2,(H,7,8,10). The Bertz CT molecular complexity index is 177. The molecule has 0 saturated carbocycles. The zero-order chi connectivity index (χ0) is 7.40. The van der Waals surface area contributed by atoms with Crippen LogP contribution in [0.5, 0.6) is 0 Å². The van der Waals surface area contributed by atoms with E-state index in [1.54, 1.807) is 0 Å². The van der Waals surface area contributed by atoms with E-state index in [9.17, 15) is 9.59 Å². The van der Waals surface area contributed by atoms with Crippen molar-refractivity contribution in [2.24, 2.45) is 4.99 Å². The molecule has 54 valence electrons. The van der Waals surface area contributed by atoms with Gasteiger partial charge in [0.1, 0.15) is 12.3 Å². The number of carbonyl (C=O) groups is 2. The normalized spacial score (nSPS) is 22.8. The molecule has 1 amide bonds. The van der Waals surface area contributed by atoms with E-state index in [-0.39, 0.29) is 11.9 Å². The topological polar surface area (TPSA) is 58.5 Å². The van der Waals surface area contributed by atoms with Crippen LogP contribution in [0.3, 0.4) is 0 Å². The van der Waals surface area contributed by atoms with Gasteiger partial charge in [0.05, 0.1) is 6.34 Å². The summed E-state index contributed by atoms with van der Waals surface area (Å²) in [6, 6.07) is -0.329. The van der Waals surface area contributed by atoms with Crippen molar-refractivity contribution in [2.75, 3.05) is 0 Å². The van der Waals surface area contributed by atoms with Gasteiger partial charge >= 0.3 is 0 Å². The second-order valence-corrected chi connectivity index (χ2v) is 2.05. The third-order valence-electron chi connectivity index (χ3n) is 1.32. The average molecular weight is 140 g/mol. The van der Waals surface area contributed by atoms with Crippen LogP contribution < -0.4 is 5.32 Å². The number of amides is 1. The molecule has 0 aliphatic carbocycles. The van der Waals surface area contributed by atoms with E-state index in [0.29, 0.717) is 12.8 Å². The Balaban J connectivity index is 2.33. The molecule has 1 N–H and O–H groups in total. The average Bonchev–Trinajstić information content (AvgIpc) is 2.31. The van der Waals surface area contributed by atoms with Gasteiger partial charge in [-0.2, -0.15) is 0 Å². The highest BCUT2D eigenvalue weighted by molar-refractivity contribution is 5.96. The molecule has 0 bridgehead atoms. The smallest absolute Gasteiger partial charge is 0.249 e. The zero-order valence-corrected chi connectivity index (χ0v) is 5.41. The Hall–Kier alpha value is -1.19. The number of aldehydes is 1. The van der Waals surface area contributed by atoms with E-state index in [1.165, 1.54) is 6.34 Å². The minimum atomic E-state index is -0.329. The van der Waals surface area contributed by atoms with Gasteiger partial charge in [-0.25, -0.2) is 0 Å². The first-order chi connectivity index (χ1) is 4.84. The van der Waals surface area contributed by atoms with Crippen LogP contribution in [-0.2, 0) is 9.59 Å². The number of hydrogen-bond acceptors (Lipinski definition) is 3. The molecule has 0 aromatic heterocycles. The number of rotatable bonds is 3. The quantitative estimate of drug-likeness (QED) is 0.537. The maximum absolute atomic E-state index is 10.7. The molecule has 10 heavy (non-hydrogen) atoms. The molecule has 0 aromatic rings. The van der Waals surface area contributed by atoms with E-state index in [2.05, 4.69) is 10.3 Å². The third kappa shape index (κ3) is 1.40. The summed E-state index contributed by atoms with van der Waals surface area (Å²) in [5.41, 5.74) is 0. The molecule has 1 aliphatic heterocycles. The molecule has 0 aromatic carbocycles. The first-order valence-corrected chi connectivity index (χ1v) is 3.10. The maximum atomic E-state index is 10.7. The van der Waals surface area contributed by atoms with Crippen molar-refractivity contribution in [3.63, 3.8) is 0 Å². The summed E-state index contributed by atoms with van der Waals surface area (Å²) in [5.74, 6) is -0.109. The first kappa shape index (κ1) is 6.92. The molecule has 0 spiro atoms. The molecular formula is C6H8N2O2. The zero-order valence-electron chi connectivity index (χ0n) is 5.41. The van der Waals surface area contributed by atoms with Crippen molar-refractivity contribution in [3.05, 3.63) is 0 Å². The maximum Gasteiger partial charge on any atom is 0.249 e. The van der Waals surface area contributed by atoms with Gasteiger partial charge in [0.2, 0.25) is 5.91 Å². The minimum Gasteiger partial charge on any atom is -0.315 e. The number of aliphatic imine (C=N–C) groups is 1. The minimum absolute atomic E-state index is 0.109. The Morgan fingerprint density at radius 3 is 3.10 bits per heavy atom. The summed E-state index contributed by atoms with van der Waals surface area (Å²) in [5, 5.41) is 2.43. The van der Waals surface area contributed by atoms with E-state index in [1.807, 2.05) is 0 Å². The number of nitrogens with zero attached hydrogens (tertiary/aromatic N) is 1. The van der Waals surface area contributed by atoms with Crippen LogP contribution in [-0.4, -0.2) is 24.6 Å². The SMILES string of the molecule is O=CCCC1N=CNC1=O. The van der Waals surface area contributed by atoms with Gasteiger partial charge < -0.3 is 10.1 Å². The molecule has 1 atom stereocenters. The lowest BCUT2D eigenvalue weighted by Crippen LogP contribution is -2.24. The second kappa shape index (κ2) is 3.10. The highest BCUT2D eigenvalue weighted by atomic mass is 16.2. The van der Waals surface area contributed by atoms with Crippen molar-refractivity contribution >= 4 is 18.5 Å². The van der Waals surface area contributed by atoms with Crippen LogP contribution >= 0.6 is 0 Å². The summed E-state index contributed by atoms with van der Waals surface area (Å²) < 4.78 is 0. The fraction of sp³-hybridized carbons (Fsp3) is 0.500. The summed E-state index contributed by atoms with van der Waals surface area (Å²) in [7, 11) is 0. The molecule has 1 aliphatic rings. The van der Waals surface area contributed by atoms with Crippen molar-refractivity contribution < 1.29 is 9.59 Å². The Kier molecular flexibility index (Phi) is 2.15. The van der Waals surface area contributed by atoms with Crippen molar-refractivity contribution in [2.45, 2.75) is 18.9 Å². The third-order valence-corrected chi connectivity index (χ3v) is 1.32. The van der Waals surface area contributed by atoms with E-state index >= 15 is 0 Å². The van der Waals surface area contributed by atoms with Crippen molar-refractivity contribution in [1.82, 2.24) is 5.32 Å². The van der Waals surface area contributed by atoms with Gasteiger partial charge in [-0.15, -0.1) is 0 Å². The molecule has 4 heteroatoms. The van der Waals surface area contributed by atoms with E-state index < -0.39 is 0 Å². The molecule has 0 saturated heterocycles. The number of hydrogen-bond donors (Lipinski definition) is 1. The molecule has 1 rings (SSSR count). The monoisotopic (exact) mass is 140 g/mol. The fourth-order valence-corrected chi connectivity index (χ4v) is 0.786. The fourth-order valence-electron chi connectivity index (χ4n) is 0.786. The summed E-state index contributed by atoms with van der Waals surface area (Å²) in [6.07, 6.45) is 3.08. The van der Waals surface area contributed by atoms with Crippen LogP contribution in [0.1, 0.15) is 12.8 Å². The van der Waals surface area contributed by atoms with Gasteiger partial charge in [-0.05, 0) is 6.42 Å². The predicted molar refractivity (Wildman–Crippen MR) is 35.7 cm³/mol. The second-order valence-electron chi connectivity index (χ2n) is 2.05. The molecule has 0 fully saturated rings.